The summed E-state index contributed by atoms with van der Waals surface area (Å²) in [5.41, 5.74) is 0. The Bertz CT molecular complexity index is 463. The van der Waals surface area contributed by atoms with Gasteiger partial charge in [0.05, 0.1) is 24.6 Å². The minimum Gasteiger partial charge on any atom is -0.419 e. The van der Waals surface area contributed by atoms with E-state index in [1.165, 1.54) is 0 Å². The van der Waals surface area contributed by atoms with E-state index in [9.17, 15) is 0 Å². The lowest BCUT2D eigenvalue weighted by Crippen LogP contribution is -2.35. The summed E-state index contributed by atoms with van der Waals surface area (Å²) in [5, 5.41) is 10.1. The van der Waals surface area contributed by atoms with E-state index in [2.05, 4.69) is 15.1 Å². The lowest BCUT2D eigenvalue weighted by atomic mass is 10.4. The predicted molar refractivity (Wildman–Crippen MR) is 63.7 cm³/mol. The van der Waals surface area contributed by atoms with Crippen LogP contribution in [0.15, 0.2) is 21.9 Å². The first-order valence-corrected chi connectivity index (χ1v) is 6.46. The first-order valence-electron chi connectivity index (χ1n) is 5.58. The Hall–Kier alpha value is -1.24. The third kappa shape index (κ3) is 2.54. The Labute approximate surface area is 103 Å². The van der Waals surface area contributed by atoms with Gasteiger partial charge < -0.3 is 9.15 Å². The topological polar surface area (TPSA) is 51.4 Å². The molecule has 6 heteroatoms. The molecular weight excluding hydrogens is 238 g/mol. The average molecular weight is 251 g/mol. The van der Waals surface area contributed by atoms with Crippen molar-refractivity contribution in [3.05, 3.63) is 23.4 Å². The fourth-order valence-electron chi connectivity index (χ4n) is 1.77. The van der Waals surface area contributed by atoms with Gasteiger partial charge in [0.25, 0.3) is 5.89 Å². The number of ether oxygens (including phenoxy) is 1. The van der Waals surface area contributed by atoms with Gasteiger partial charge >= 0.3 is 0 Å². The minimum absolute atomic E-state index is 0.614. The molecule has 0 saturated carbocycles. The number of hydrogen-bond acceptors (Lipinski definition) is 6. The third-order valence-electron chi connectivity index (χ3n) is 2.66. The molecule has 1 aliphatic heterocycles. The van der Waals surface area contributed by atoms with Gasteiger partial charge in [-0.2, -0.15) is 0 Å². The Kier molecular flexibility index (Phi) is 3.17. The summed E-state index contributed by atoms with van der Waals surface area (Å²) in [7, 11) is 0. The van der Waals surface area contributed by atoms with Gasteiger partial charge in [-0.25, -0.2) is 0 Å². The second kappa shape index (κ2) is 4.95. The molecule has 2 aromatic rings. The molecule has 0 aliphatic carbocycles. The molecule has 90 valence electrons. The highest BCUT2D eigenvalue weighted by molar-refractivity contribution is 7.13. The zero-order chi connectivity index (χ0) is 11.5. The molecule has 5 nitrogen and oxygen atoms in total. The normalized spacial score (nSPS) is 17.4. The van der Waals surface area contributed by atoms with Crippen LogP contribution in [0.3, 0.4) is 0 Å². The SMILES string of the molecule is c1csc(-c2nnc(CN3CCOCC3)o2)c1. The van der Waals surface area contributed by atoms with Crippen LogP contribution < -0.4 is 0 Å². The van der Waals surface area contributed by atoms with Crippen LogP contribution in [-0.2, 0) is 11.3 Å². The van der Waals surface area contributed by atoms with Crippen molar-refractivity contribution in [3.63, 3.8) is 0 Å². The van der Waals surface area contributed by atoms with Crippen LogP contribution in [0.5, 0.6) is 0 Å². The van der Waals surface area contributed by atoms with E-state index in [4.69, 9.17) is 9.15 Å². The zero-order valence-electron chi connectivity index (χ0n) is 9.33. The van der Waals surface area contributed by atoms with Gasteiger partial charge in [0, 0.05) is 13.1 Å². The highest BCUT2D eigenvalue weighted by atomic mass is 32.1. The van der Waals surface area contributed by atoms with E-state index in [0.717, 1.165) is 31.2 Å². The summed E-state index contributed by atoms with van der Waals surface area (Å²) in [4.78, 5) is 3.28. The molecule has 1 saturated heterocycles. The molecule has 0 amide bonds. The number of rotatable bonds is 3. The minimum atomic E-state index is 0.614. The van der Waals surface area contributed by atoms with Crippen molar-refractivity contribution in [3.8, 4) is 10.8 Å². The van der Waals surface area contributed by atoms with Crippen LogP contribution in [0.1, 0.15) is 5.89 Å². The molecule has 1 fully saturated rings. The molecule has 17 heavy (non-hydrogen) atoms. The quantitative estimate of drug-likeness (QED) is 0.830. The lowest BCUT2D eigenvalue weighted by molar-refractivity contribution is 0.0306. The van der Waals surface area contributed by atoms with E-state index in [1.54, 1.807) is 11.3 Å². The van der Waals surface area contributed by atoms with E-state index in [0.29, 0.717) is 18.3 Å². The molecule has 0 radical (unpaired) electrons. The van der Waals surface area contributed by atoms with Crippen molar-refractivity contribution in [1.29, 1.82) is 0 Å². The standard InChI is InChI=1S/C11H13N3O2S/c1-2-9(17-7-1)11-13-12-10(16-11)8-14-3-5-15-6-4-14/h1-2,7H,3-6,8H2. The van der Waals surface area contributed by atoms with E-state index >= 15 is 0 Å². The molecule has 0 spiro atoms. The van der Waals surface area contributed by atoms with Gasteiger partial charge in [-0.05, 0) is 11.4 Å². The first-order chi connectivity index (χ1) is 8.42. The largest absolute Gasteiger partial charge is 0.419 e. The van der Waals surface area contributed by atoms with Crippen LogP contribution >= 0.6 is 11.3 Å². The van der Waals surface area contributed by atoms with Crippen LogP contribution in [0.4, 0.5) is 0 Å². The number of thiophene rings is 1. The van der Waals surface area contributed by atoms with Crippen molar-refractivity contribution >= 4 is 11.3 Å². The van der Waals surface area contributed by atoms with Gasteiger partial charge in [0.15, 0.2) is 0 Å². The molecule has 0 unspecified atom stereocenters. The Balaban J connectivity index is 1.68. The summed E-state index contributed by atoms with van der Waals surface area (Å²) < 4.78 is 10.9. The summed E-state index contributed by atoms with van der Waals surface area (Å²) in [6.45, 7) is 4.13. The Morgan fingerprint density at radius 3 is 2.94 bits per heavy atom. The van der Waals surface area contributed by atoms with Crippen LogP contribution in [0.25, 0.3) is 10.8 Å². The van der Waals surface area contributed by atoms with E-state index in [-0.39, 0.29) is 0 Å². The maximum atomic E-state index is 5.64. The van der Waals surface area contributed by atoms with Crippen LogP contribution in [-0.4, -0.2) is 41.4 Å². The number of hydrogen-bond donors (Lipinski definition) is 0. The van der Waals surface area contributed by atoms with E-state index < -0.39 is 0 Å². The zero-order valence-corrected chi connectivity index (χ0v) is 10.2. The smallest absolute Gasteiger partial charge is 0.257 e. The van der Waals surface area contributed by atoms with Crippen molar-refractivity contribution in [1.82, 2.24) is 15.1 Å². The highest BCUT2D eigenvalue weighted by Gasteiger charge is 2.15. The molecular formula is C11H13N3O2S. The summed E-state index contributed by atoms with van der Waals surface area (Å²) in [6, 6.07) is 3.96. The van der Waals surface area contributed by atoms with Crippen LogP contribution in [0, 0.1) is 0 Å². The third-order valence-corrected chi connectivity index (χ3v) is 3.52. The molecule has 0 bridgehead atoms. The lowest BCUT2D eigenvalue weighted by Gasteiger charge is -2.24. The fourth-order valence-corrected chi connectivity index (χ4v) is 2.41. The second-order valence-electron chi connectivity index (χ2n) is 3.87. The molecule has 0 aromatic carbocycles. The predicted octanol–water partition coefficient (Wildman–Crippen LogP) is 1.63. The molecule has 2 aromatic heterocycles. The van der Waals surface area contributed by atoms with Gasteiger partial charge in [0.2, 0.25) is 5.89 Å². The summed E-state index contributed by atoms with van der Waals surface area (Å²) in [6.07, 6.45) is 0. The molecule has 0 N–H and O–H groups in total. The van der Waals surface area contributed by atoms with Gasteiger partial charge in [-0.3, -0.25) is 4.90 Å². The number of nitrogens with zero attached hydrogens (tertiary/aromatic N) is 3. The van der Waals surface area contributed by atoms with Crippen molar-refractivity contribution in [2.45, 2.75) is 6.54 Å². The monoisotopic (exact) mass is 251 g/mol. The highest BCUT2D eigenvalue weighted by Crippen LogP contribution is 2.23. The molecule has 0 atom stereocenters. The fraction of sp³-hybridized carbons (Fsp3) is 0.455. The second-order valence-corrected chi connectivity index (χ2v) is 4.81. The summed E-state index contributed by atoms with van der Waals surface area (Å²) >= 11 is 1.61. The van der Waals surface area contributed by atoms with Gasteiger partial charge in [0.1, 0.15) is 0 Å². The number of morpholine rings is 1. The van der Waals surface area contributed by atoms with Crippen molar-refractivity contribution < 1.29 is 9.15 Å². The Morgan fingerprint density at radius 2 is 2.18 bits per heavy atom. The number of aromatic nitrogens is 2. The molecule has 1 aliphatic rings. The van der Waals surface area contributed by atoms with E-state index in [1.807, 2.05) is 17.5 Å². The molecule has 3 heterocycles. The maximum absolute atomic E-state index is 5.64. The van der Waals surface area contributed by atoms with Crippen LogP contribution in [0.2, 0.25) is 0 Å². The van der Waals surface area contributed by atoms with Gasteiger partial charge in [-0.15, -0.1) is 21.5 Å². The average Bonchev–Trinajstić information content (AvgIpc) is 3.00. The van der Waals surface area contributed by atoms with Crippen molar-refractivity contribution in [2.75, 3.05) is 26.3 Å². The first kappa shape index (κ1) is 10.9. The maximum Gasteiger partial charge on any atom is 0.257 e. The Morgan fingerprint density at radius 1 is 1.29 bits per heavy atom. The summed E-state index contributed by atoms with van der Waals surface area (Å²) in [5.74, 6) is 1.29. The van der Waals surface area contributed by atoms with Gasteiger partial charge in [-0.1, -0.05) is 6.07 Å². The molecule has 3 rings (SSSR count). The van der Waals surface area contributed by atoms with Crippen molar-refractivity contribution in [2.24, 2.45) is 0 Å².